The van der Waals surface area contributed by atoms with Crippen molar-refractivity contribution in [2.45, 2.75) is 116 Å². The van der Waals surface area contributed by atoms with Crippen molar-refractivity contribution in [3.63, 3.8) is 0 Å². The number of esters is 5. The number of azo groups is 1. The van der Waals surface area contributed by atoms with E-state index in [2.05, 4.69) is 18.3 Å². The Labute approximate surface area is 482 Å². The van der Waals surface area contributed by atoms with E-state index in [0.29, 0.717) is 72.9 Å². The molecule has 17 heteroatoms. The number of anilines is 1. The molecule has 5 rings (SSSR count). The Kier molecular flexibility index (Phi) is 29.4. The summed E-state index contributed by atoms with van der Waals surface area (Å²) in [6, 6.07) is 31.4. The number of carbonyl (C=O) groups is 5. The molecule has 0 saturated heterocycles. The fourth-order valence-electron chi connectivity index (χ4n) is 8.21. The van der Waals surface area contributed by atoms with E-state index in [-0.39, 0.29) is 34.8 Å². The predicted octanol–water partition coefficient (Wildman–Crippen LogP) is 14.6. The zero-order valence-electron chi connectivity index (χ0n) is 47.6. The van der Waals surface area contributed by atoms with E-state index < -0.39 is 29.8 Å². The van der Waals surface area contributed by atoms with E-state index >= 15 is 0 Å². The summed E-state index contributed by atoms with van der Waals surface area (Å²) >= 11 is 0. The van der Waals surface area contributed by atoms with Crippen molar-refractivity contribution in [1.29, 1.82) is 0 Å². The summed E-state index contributed by atoms with van der Waals surface area (Å²) in [5.41, 5.74) is 1.66. The van der Waals surface area contributed by atoms with Crippen LogP contribution in [0, 0.1) is 5.21 Å². The minimum Gasteiger partial charge on any atom is -0.594 e. The molecule has 0 unspecified atom stereocenters. The molecule has 0 aliphatic carbocycles. The summed E-state index contributed by atoms with van der Waals surface area (Å²) in [6.07, 6.45) is 19.1. The molecule has 438 valence electrons. The highest BCUT2D eigenvalue weighted by molar-refractivity contribution is 6.06. The molecule has 0 amide bonds. The van der Waals surface area contributed by atoms with E-state index in [0.717, 1.165) is 115 Å². The van der Waals surface area contributed by atoms with Gasteiger partial charge in [-0.25, -0.2) is 24.0 Å². The van der Waals surface area contributed by atoms with Crippen LogP contribution >= 0.6 is 0 Å². The van der Waals surface area contributed by atoms with Gasteiger partial charge in [0.1, 0.15) is 34.4 Å². The van der Waals surface area contributed by atoms with Crippen LogP contribution in [0.25, 0.3) is 0 Å². The molecule has 0 fully saturated rings. The fraction of sp³-hybridized carbons (Fsp3) is 0.400. The van der Waals surface area contributed by atoms with Gasteiger partial charge in [-0.2, -0.15) is 0 Å². The second kappa shape index (κ2) is 37.5. The molecule has 5 aromatic rings. The summed E-state index contributed by atoms with van der Waals surface area (Å²) in [7, 11) is 3.86. The quantitative estimate of drug-likeness (QED) is 0.00524. The second-order valence-electron chi connectivity index (χ2n) is 19.5. The van der Waals surface area contributed by atoms with Crippen molar-refractivity contribution in [1.82, 2.24) is 0 Å². The van der Waals surface area contributed by atoms with Crippen LogP contribution in [0.5, 0.6) is 28.7 Å². The summed E-state index contributed by atoms with van der Waals surface area (Å²) in [6.45, 7) is 9.21. The second-order valence-corrected chi connectivity index (χ2v) is 19.5. The lowest BCUT2D eigenvalue weighted by atomic mass is 10.0. The molecule has 0 aliphatic heterocycles. The largest absolute Gasteiger partial charge is 0.594 e. The molecule has 5 aromatic carbocycles. The number of hydrogen-bond donors (Lipinski definition) is 0. The average Bonchev–Trinajstić information content (AvgIpc) is 3.70. The van der Waals surface area contributed by atoms with E-state index in [9.17, 15) is 29.2 Å². The Morgan fingerprint density at radius 2 is 0.817 bits per heavy atom. The first kappa shape index (κ1) is 64.4. The minimum atomic E-state index is -0.822. The Hall–Kier alpha value is -8.47. The summed E-state index contributed by atoms with van der Waals surface area (Å²) < 4.78 is 44.8. The summed E-state index contributed by atoms with van der Waals surface area (Å²) in [5.74, 6) is -0.785. The Bertz CT molecular complexity index is 2780. The van der Waals surface area contributed by atoms with Gasteiger partial charge in [-0.15, -0.1) is 0 Å². The van der Waals surface area contributed by atoms with Crippen molar-refractivity contribution >= 4 is 46.9 Å². The lowest BCUT2D eigenvalue weighted by molar-refractivity contribution is -0.435. The lowest BCUT2D eigenvalue weighted by Crippen LogP contribution is -2.18. The van der Waals surface area contributed by atoms with Crippen LogP contribution in [0.1, 0.15) is 147 Å². The van der Waals surface area contributed by atoms with Crippen LogP contribution in [0.4, 0.5) is 17.1 Å². The van der Waals surface area contributed by atoms with Gasteiger partial charge in [0.15, 0.2) is 0 Å². The Balaban J connectivity index is 1.08. The fourth-order valence-corrected chi connectivity index (χ4v) is 8.21. The lowest BCUT2D eigenvalue weighted by Gasteiger charge is -2.12. The number of nitrogens with zero attached hydrogens (tertiary/aromatic N) is 3. The normalized spacial score (nSPS) is 11.0. The highest BCUT2D eigenvalue weighted by atomic mass is 16.6. The van der Waals surface area contributed by atoms with E-state index in [1.54, 1.807) is 84.9 Å². The maximum absolute atomic E-state index is 13.7. The number of unbranched alkanes of at least 4 members (excludes halogenated alkanes) is 15. The van der Waals surface area contributed by atoms with Crippen molar-refractivity contribution in [2.24, 2.45) is 5.11 Å². The first-order valence-electron chi connectivity index (χ1n) is 28.4. The molecule has 0 aromatic heterocycles. The summed E-state index contributed by atoms with van der Waals surface area (Å²) in [4.78, 5) is 65.7. The van der Waals surface area contributed by atoms with Crippen LogP contribution in [0.3, 0.4) is 0 Å². The highest BCUT2D eigenvalue weighted by Gasteiger charge is 2.24. The minimum absolute atomic E-state index is 0.0209. The first-order chi connectivity index (χ1) is 39.9. The molecule has 0 radical (unpaired) electrons. The van der Waals surface area contributed by atoms with E-state index in [1.807, 2.05) is 31.1 Å². The zero-order valence-corrected chi connectivity index (χ0v) is 47.6. The van der Waals surface area contributed by atoms with Crippen LogP contribution in [0.15, 0.2) is 146 Å². The highest BCUT2D eigenvalue weighted by Crippen LogP contribution is 2.26. The Morgan fingerprint density at radius 3 is 1.24 bits per heavy atom. The molecule has 0 aliphatic rings. The number of benzene rings is 5. The molecule has 17 nitrogen and oxygen atoms in total. The van der Waals surface area contributed by atoms with Gasteiger partial charge in [-0.05, 0) is 154 Å². The van der Waals surface area contributed by atoms with Gasteiger partial charge in [0.25, 0.3) is 0 Å². The first-order valence-corrected chi connectivity index (χ1v) is 28.4. The molecule has 0 spiro atoms. The third-order valence-corrected chi connectivity index (χ3v) is 12.9. The third kappa shape index (κ3) is 24.9. The predicted molar refractivity (Wildman–Crippen MR) is 314 cm³/mol. The number of rotatable bonds is 40. The van der Waals surface area contributed by atoms with Crippen molar-refractivity contribution in [3.05, 3.63) is 162 Å². The Morgan fingerprint density at radius 1 is 0.439 bits per heavy atom. The van der Waals surface area contributed by atoms with Crippen LogP contribution < -0.4 is 28.6 Å². The van der Waals surface area contributed by atoms with Gasteiger partial charge in [-0.1, -0.05) is 82.2 Å². The topological polar surface area (TPSA) is 201 Å². The monoisotopic (exact) mass is 1130 g/mol. The van der Waals surface area contributed by atoms with Gasteiger partial charge in [0.2, 0.25) is 5.69 Å². The van der Waals surface area contributed by atoms with Crippen molar-refractivity contribution in [3.8, 4) is 28.7 Å². The van der Waals surface area contributed by atoms with Gasteiger partial charge in [-0.3, -0.25) is 0 Å². The van der Waals surface area contributed by atoms with Crippen LogP contribution in [-0.4, -0.2) is 88.4 Å². The molecule has 0 bridgehead atoms. The maximum Gasteiger partial charge on any atom is 0.344 e. The molecule has 0 N–H and O–H groups in total. The number of carbonyl (C=O) groups excluding carboxylic acids is 5. The zero-order chi connectivity index (χ0) is 58.6. The van der Waals surface area contributed by atoms with Crippen LogP contribution in [0.2, 0.25) is 0 Å². The van der Waals surface area contributed by atoms with Gasteiger partial charge < -0.3 is 48.0 Å². The SMILES string of the molecule is C=CC(=O)OCCCCCCCCCOc1ccc(OC(=O)c2ccc(C(=O)Oc3ccc(OCCCCCCCCCOC(=O)C=C)cc3)c(C(=O)OCCCCCCOc3ccc(N=[N+]([O-])c4ccc(N(C)C)cc4)cc3)c2)cc1. The van der Waals surface area contributed by atoms with E-state index in [4.69, 9.17) is 37.9 Å². The number of ether oxygens (including phenoxy) is 8. The van der Waals surface area contributed by atoms with E-state index in [1.165, 1.54) is 30.4 Å². The van der Waals surface area contributed by atoms with Gasteiger partial charge in [0, 0.05) is 49.2 Å². The third-order valence-electron chi connectivity index (χ3n) is 12.9. The standard InChI is InChI=1S/C65H79N3O14/c1-5-61(69)78-46-22-15-11-7-9-13-19-43-76-55-34-38-57(39-35-55)81-63(71)50-25-42-59(65(73)82-58-40-36-56(37-41-58)77-44-20-14-10-8-12-16-23-47-79-62(70)6-2)60(49-50)64(72)80-48-24-18-17-21-45-75-54-32-26-51(27-33-54)66-68(74)53-30-28-52(29-31-53)67(3)4/h5-6,25-42,49H,1-2,7-24,43-48H2,3-4H3. The van der Waals surface area contributed by atoms with Gasteiger partial charge in [0.05, 0.1) is 56.3 Å². The van der Waals surface area contributed by atoms with Crippen LogP contribution in [-0.2, 0) is 23.8 Å². The molecule has 0 atom stereocenters. The maximum atomic E-state index is 13.7. The molecular formula is C65H79N3O14. The molecule has 82 heavy (non-hydrogen) atoms. The summed E-state index contributed by atoms with van der Waals surface area (Å²) in [5, 5.41) is 16.7. The smallest absolute Gasteiger partial charge is 0.344 e. The number of hydrogen-bond acceptors (Lipinski definition) is 16. The molecule has 0 heterocycles. The van der Waals surface area contributed by atoms with Crippen molar-refractivity contribution in [2.75, 3.05) is 58.6 Å². The molecule has 0 saturated carbocycles. The molecular weight excluding hydrogens is 1050 g/mol. The van der Waals surface area contributed by atoms with Gasteiger partial charge >= 0.3 is 29.8 Å². The van der Waals surface area contributed by atoms with Crippen molar-refractivity contribution < 1.29 is 66.7 Å². The average molecular weight is 1130 g/mol.